The van der Waals surface area contributed by atoms with Gasteiger partial charge in [0.2, 0.25) is 0 Å². The molecule has 1 atom stereocenters. The van der Waals surface area contributed by atoms with Gasteiger partial charge >= 0.3 is 6.03 Å². The van der Waals surface area contributed by atoms with Gasteiger partial charge in [0.1, 0.15) is 0 Å². The number of ether oxygens (including phenoxy) is 2. The van der Waals surface area contributed by atoms with Crippen LogP contribution in [-0.4, -0.2) is 32.9 Å². The lowest BCUT2D eigenvalue weighted by molar-refractivity contribution is 0.0617. The molecule has 0 aromatic heterocycles. The SMILES string of the molecule is COCCOCc1cccc(NC(=O)NC[C@@H]2CC=CCC2)c1. The molecular weight excluding hydrogens is 292 g/mol. The highest BCUT2D eigenvalue weighted by atomic mass is 16.5. The molecule has 0 saturated carbocycles. The van der Waals surface area contributed by atoms with Crippen LogP contribution in [0.4, 0.5) is 10.5 Å². The van der Waals surface area contributed by atoms with Crippen molar-refractivity contribution in [3.8, 4) is 0 Å². The first-order valence-corrected chi connectivity index (χ1v) is 8.13. The number of amides is 2. The summed E-state index contributed by atoms with van der Waals surface area (Å²) in [6.45, 7) is 2.37. The van der Waals surface area contributed by atoms with Crippen molar-refractivity contribution in [1.82, 2.24) is 5.32 Å². The molecule has 2 N–H and O–H groups in total. The molecule has 1 aromatic rings. The molecule has 1 aliphatic rings. The predicted octanol–water partition coefficient (Wildman–Crippen LogP) is 3.33. The standard InChI is InChI=1S/C18H26N2O3/c1-22-10-11-23-14-16-8-5-9-17(12-16)20-18(21)19-13-15-6-3-2-4-7-15/h2-3,5,8-9,12,15H,4,6-7,10-11,13-14H2,1H3,(H2,19,20,21)/t15-/m1/s1. The zero-order valence-electron chi connectivity index (χ0n) is 13.7. The number of urea groups is 1. The molecule has 0 bridgehead atoms. The van der Waals surface area contributed by atoms with Crippen LogP contribution in [0.25, 0.3) is 0 Å². The molecule has 0 fully saturated rings. The van der Waals surface area contributed by atoms with E-state index in [0.717, 1.165) is 37.1 Å². The number of hydrogen-bond donors (Lipinski definition) is 2. The van der Waals surface area contributed by atoms with Crippen molar-refractivity contribution in [2.75, 3.05) is 32.2 Å². The van der Waals surface area contributed by atoms with Gasteiger partial charge in [-0.2, -0.15) is 0 Å². The highest BCUT2D eigenvalue weighted by molar-refractivity contribution is 5.89. The molecule has 23 heavy (non-hydrogen) atoms. The maximum atomic E-state index is 12.0. The summed E-state index contributed by atoms with van der Waals surface area (Å²) >= 11 is 0. The second kappa shape index (κ2) is 10.0. The first-order chi connectivity index (χ1) is 11.3. The van der Waals surface area contributed by atoms with Crippen LogP contribution in [0.1, 0.15) is 24.8 Å². The molecule has 2 amide bonds. The topological polar surface area (TPSA) is 59.6 Å². The number of anilines is 1. The summed E-state index contributed by atoms with van der Waals surface area (Å²) in [6, 6.07) is 7.54. The fourth-order valence-electron chi connectivity index (χ4n) is 2.53. The molecule has 0 unspecified atom stereocenters. The highest BCUT2D eigenvalue weighted by Crippen LogP contribution is 2.17. The van der Waals surface area contributed by atoms with Crippen LogP contribution in [0, 0.1) is 5.92 Å². The average Bonchev–Trinajstić information content (AvgIpc) is 2.58. The van der Waals surface area contributed by atoms with Gasteiger partial charge in [-0.05, 0) is 42.9 Å². The number of nitrogens with one attached hydrogen (secondary N) is 2. The summed E-state index contributed by atoms with van der Waals surface area (Å²) in [4.78, 5) is 12.0. The first kappa shape index (κ1) is 17.5. The van der Waals surface area contributed by atoms with Crippen LogP contribution in [0.2, 0.25) is 0 Å². The summed E-state index contributed by atoms with van der Waals surface area (Å²) in [7, 11) is 1.65. The molecule has 1 aliphatic carbocycles. The zero-order valence-corrected chi connectivity index (χ0v) is 13.7. The van der Waals surface area contributed by atoms with Crippen LogP contribution in [0.15, 0.2) is 36.4 Å². The summed E-state index contributed by atoms with van der Waals surface area (Å²) in [6.07, 6.45) is 7.70. The Balaban J connectivity index is 1.73. The number of allylic oxidation sites excluding steroid dienone is 2. The third-order valence-electron chi connectivity index (χ3n) is 3.81. The van der Waals surface area contributed by atoms with Crippen molar-refractivity contribution in [3.05, 3.63) is 42.0 Å². The van der Waals surface area contributed by atoms with E-state index in [9.17, 15) is 4.79 Å². The molecule has 126 valence electrons. The second-order valence-electron chi connectivity index (χ2n) is 5.73. The molecule has 5 nitrogen and oxygen atoms in total. The Hall–Kier alpha value is -1.85. The Bertz CT molecular complexity index is 517. The maximum absolute atomic E-state index is 12.0. The van der Waals surface area contributed by atoms with Crippen molar-refractivity contribution in [2.45, 2.75) is 25.9 Å². The summed E-state index contributed by atoms with van der Waals surface area (Å²) < 4.78 is 10.4. The first-order valence-electron chi connectivity index (χ1n) is 8.13. The lowest BCUT2D eigenvalue weighted by atomic mass is 9.94. The Morgan fingerprint density at radius 2 is 2.22 bits per heavy atom. The van der Waals surface area contributed by atoms with Crippen LogP contribution in [-0.2, 0) is 16.1 Å². The quantitative estimate of drug-likeness (QED) is 0.571. The molecule has 5 heteroatoms. The van der Waals surface area contributed by atoms with Crippen molar-refractivity contribution in [1.29, 1.82) is 0 Å². The maximum Gasteiger partial charge on any atom is 0.319 e. The monoisotopic (exact) mass is 318 g/mol. The van der Waals surface area contributed by atoms with Gasteiger partial charge in [0.05, 0.1) is 19.8 Å². The van der Waals surface area contributed by atoms with Crippen molar-refractivity contribution < 1.29 is 14.3 Å². The normalized spacial score (nSPS) is 17.0. The number of hydrogen-bond acceptors (Lipinski definition) is 3. The summed E-state index contributed by atoms with van der Waals surface area (Å²) in [5.41, 5.74) is 1.80. The van der Waals surface area contributed by atoms with Gasteiger partial charge in [-0.15, -0.1) is 0 Å². The van der Waals surface area contributed by atoms with E-state index in [4.69, 9.17) is 9.47 Å². The number of benzene rings is 1. The van der Waals surface area contributed by atoms with Gasteiger partial charge in [-0.1, -0.05) is 24.3 Å². The number of methoxy groups -OCH3 is 1. The Morgan fingerprint density at radius 3 is 3.00 bits per heavy atom. The van der Waals surface area contributed by atoms with Gasteiger partial charge in [-0.25, -0.2) is 4.79 Å². The van der Waals surface area contributed by atoms with Crippen molar-refractivity contribution >= 4 is 11.7 Å². The average molecular weight is 318 g/mol. The summed E-state index contributed by atoms with van der Waals surface area (Å²) in [5, 5.41) is 5.82. The van der Waals surface area contributed by atoms with Gasteiger partial charge in [0.15, 0.2) is 0 Å². The van der Waals surface area contributed by atoms with E-state index in [2.05, 4.69) is 22.8 Å². The molecule has 0 saturated heterocycles. The van der Waals surface area contributed by atoms with Gasteiger partial charge in [0, 0.05) is 19.3 Å². The lowest BCUT2D eigenvalue weighted by Gasteiger charge is -2.18. The predicted molar refractivity (Wildman–Crippen MR) is 91.5 cm³/mol. The van der Waals surface area contributed by atoms with E-state index in [-0.39, 0.29) is 6.03 Å². The summed E-state index contributed by atoms with van der Waals surface area (Å²) in [5.74, 6) is 0.547. The van der Waals surface area contributed by atoms with Crippen molar-refractivity contribution in [2.24, 2.45) is 5.92 Å². The van der Waals surface area contributed by atoms with Crippen LogP contribution < -0.4 is 10.6 Å². The molecule has 0 radical (unpaired) electrons. The molecule has 0 heterocycles. The second-order valence-corrected chi connectivity index (χ2v) is 5.73. The highest BCUT2D eigenvalue weighted by Gasteiger charge is 2.11. The Kier molecular flexibility index (Phi) is 7.63. The third kappa shape index (κ3) is 6.84. The van der Waals surface area contributed by atoms with Crippen molar-refractivity contribution in [3.63, 3.8) is 0 Å². The fraction of sp³-hybridized carbons (Fsp3) is 0.500. The third-order valence-corrected chi connectivity index (χ3v) is 3.81. The van der Waals surface area contributed by atoms with Gasteiger partial charge in [-0.3, -0.25) is 0 Å². The smallest absolute Gasteiger partial charge is 0.319 e. The van der Waals surface area contributed by atoms with E-state index in [1.165, 1.54) is 0 Å². The van der Waals surface area contributed by atoms with E-state index in [1.54, 1.807) is 7.11 Å². The zero-order chi connectivity index (χ0) is 16.3. The van der Waals surface area contributed by atoms with E-state index < -0.39 is 0 Å². The van der Waals surface area contributed by atoms with E-state index in [0.29, 0.717) is 25.7 Å². The fourth-order valence-corrected chi connectivity index (χ4v) is 2.53. The number of carbonyl (C=O) groups is 1. The van der Waals surface area contributed by atoms with Crippen LogP contribution in [0.5, 0.6) is 0 Å². The minimum Gasteiger partial charge on any atom is -0.382 e. The van der Waals surface area contributed by atoms with Gasteiger partial charge < -0.3 is 20.1 Å². The molecule has 0 spiro atoms. The van der Waals surface area contributed by atoms with Crippen LogP contribution in [0.3, 0.4) is 0 Å². The number of rotatable bonds is 8. The minimum absolute atomic E-state index is 0.156. The lowest BCUT2D eigenvalue weighted by Crippen LogP contribution is -2.33. The Morgan fingerprint density at radius 1 is 1.30 bits per heavy atom. The molecule has 2 rings (SSSR count). The van der Waals surface area contributed by atoms with Crippen LogP contribution >= 0.6 is 0 Å². The molecular formula is C18H26N2O3. The van der Waals surface area contributed by atoms with Gasteiger partial charge in [0.25, 0.3) is 0 Å². The largest absolute Gasteiger partial charge is 0.382 e. The molecule has 1 aromatic carbocycles. The molecule has 0 aliphatic heterocycles. The Labute approximate surface area is 138 Å². The number of carbonyl (C=O) groups excluding carboxylic acids is 1. The van der Waals surface area contributed by atoms with E-state index in [1.807, 2.05) is 24.3 Å². The minimum atomic E-state index is -0.156. The van der Waals surface area contributed by atoms with E-state index >= 15 is 0 Å².